The summed E-state index contributed by atoms with van der Waals surface area (Å²) >= 11 is 1.41. The molecule has 4 nitrogen and oxygen atoms in total. The van der Waals surface area contributed by atoms with E-state index in [1.54, 1.807) is 5.51 Å². The predicted molar refractivity (Wildman–Crippen MR) is 59.2 cm³/mol. The van der Waals surface area contributed by atoms with Crippen molar-refractivity contribution in [2.24, 2.45) is 0 Å². The molecule has 2 rings (SSSR count). The molecule has 0 aliphatic heterocycles. The van der Waals surface area contributed by atoms with Crippen molar-refractivity contribution in [2.45, 2.75) is 0 Å². The molecule has 0 unspecified atom stereocenters. The summed E-state index contributed by atoms with van der Waals surface area (Å²) in [4.78, 5) is 15.3. The average molecular weight is 220 g/mol. The third kappa shape index (κ3) is 2.13. The number of carbonyl (C=O) groups is 1. The van der Waals surface area contributed by atoms with Gasteiger partial charge in [-0.05, 0) is 5.56 Å². The Balaban J connectivity index is 2.37. The third-order valence-electron chi connectivity index (χ3n) is 1.83. The zero-order valence-electron chi connectivity index (χ0n) is 7.68. The highest BCUT2D eigenvalue weighted by Gasteiger charge is 2.09. The molecule has 76 valence electrons. The molecule has 0 saturated heterocycles. The van der Waals surface area contributed by atoms with Crippen molar-refractivity contribution in [2.75, 3.05) is 5.32 Å². The molecule has 1 heterocycles. The topological polar surface area (TPSA) is 62.2 Å². The first-order chi connectivity index (χ1) is 7.27. The van der Waals surface area contributed by atoms with Gasteiger partial charge < -0.3 is 5.11 Å². The predicted octanol–water partition coefficient (Wildman–Crippen LogP) is 2.90. The zero-order valence-corrected chi connectivity index (χ0v) is 8.49. The van der Waals surface area contributed by atoms with Crippen LogP contribution < -0.4 is 5.32 Å². The number of nitrogens with one attached hydrogen (secondary N) is 1. The van der Waals surface area contributed by atoms with Gasteiger partial charge in [-0.25, -0.2) is 9.78 Å². The van der Waals surface area contributed by atoms with Gasteiger partial charge in [-0.2, -0.15) is 0 Å². The van der Waals surface area contributed by atoms with Crippen LogP contribution in [-0.2, 0) is 0 Å². The molecule has 0 fully saturated rings. The van der Waals surface area contributed by atoms with Gasteiger partial charge in [0.25, 0.3) is 0 Å². The second kappa shape index (κ2) is 4.10. The third-order valence-corrected chi connectivity index (χ3v) is 2.70. The smallest absolute Gasteiger partial charge is 0.410 e. The van der Waals surface area contributed by atoms with Crippen LogP contribution in [0, 0.1) is 0 Å². The van der Waals surface area contributed by atoms with Crippen molar-refractivity contribution in [3.63, 3.8) is 0 Å². The molecule has 1 aromatic heterocycles. The van der Waals surface area contributed by atoms with Crippen molar-refractivity contribution in [1.82, 2.24) is 4.98 Å². The van der Waals surface area contributed by atoms with E-state index >= 15 is 0 Å². The van der Waals surface area contributed by atoms with Crippen LogP contribution in [0.2, 0.25) is 0 Å². The normalized spacial score (nSPS) is 9.87. The maximum absolute atomic E-state index is 10.5. The second-order valence-corrected chi connectivity index (χ2v) is 3.68. The van der Waals surface area contributed by atoms with Crippen LogP contribution in [0.5, 0.6) is 0 Å². The fraction of sp³-hybridized carbons (Fsp3) is 0. The fourth-order valence-corrected chi connectivity index (χ4v) is 1.98. The average Bonchev–Trinajstić information content (AvgIpc) is 2.66. The maximum atomic E-state index is 10.5. The van der Waals surface area contributed by atoms with Gasteiger partial charge in [0, 0.05) is 0 Å². The lowest BCUT2D eigenvalue weighted by molar-refractivity contribution is 0.209. The summed E-state index contributed by atoms with van der Waals surface area (Å²) in [6.07, 6.45) is -1.10. The lowest BCUT2D eigenvalue weighted by Crippen LogP contribution is -2.08. The van der Waals surface area contributed by atoms with Gasteiger partial charge in [-0.1, -0.05) is 30.3 Å². The van der Waals surface area contributed by atoms with E-state index in [2.05, 4.69) is 10.3 Å². The van der Waals surface area contributed by atoms with Gasteiger partial charge in [-0.3, -0.25) is 5.32 Å². The maximum Gasteiger partial charge on any atom is 0.410 e. The van der Waals surface area contributed by atoms with E-state index in [4.69, 9.17) is 5.11 Å². The van der Waals surface area contributed by atoms with Gasteiger partial charge in [0.1, 0.15) is 0 Å². The minimum absolute atomic E-state index is 0.388. The Labute approximate surface area is 90.2 Å². The number of aromatic nitrogens is 1. The quantitative estimate of drug-likeness (QED) is 0.818. The SMILES string of the molecule is O=C(O)Nc1ncsc1-c1ccccc1. The summed E-state index contributed by atoms with van der Waals surface area (Å²) in [6, 6.07) is 9.55. The minimum atomic E-state index is -1.10. The molecule has 1 amide bonds. The molecule has 2 aromatic rings. The highest BCUT2D eigenvalue weighted by atomic mass is 32.1. The van der Waals surface area contributed by atoms with E-state index in [1.165, 1.54) is 11.3 Å². The second-order valence-electron chi connectivity index (χ2n) is 2.83. The Morgan fingerprint density at radius 2 is 2.07 bits per heavy atom. The first-order valence-corrected chi connectivity index (χ1v) is 5.14. The van der Waals surface area contributed by atoms with Crippen LogP contribution in [0.4, 0.5) is 10.6 Å². The number of rotatable bonds is 2. The van der Waals surface area contributed by atoms with Crippen LogP contribution >= 0.6 is 11.3 Å². The van der Waals surface area contributed by atoms with Gasteiger partial charge in [0.15, 0.2) is 5.82 Å². The Bertz CT molecular complexity index is 467. The van der Waals surface area contributed by atoms with Crippen LogP contribution in [0.15, 0.2) is 35.8 Å². The first kappa shape index (κ1) is 9.67. The van der Waals surface area contributed by atoms with E-state index in [-0.39, 0.29) is 0 Å². The van der Waals surface area contributed by atoms with Crippen molar-refractivity contribution in [3.05, 3.63) is 35.8 Å². The van der Waals surface area contributed by atoms with Gasteiger partial charge >= 0.3 is 6.09 Å². The standard InChI is InChI=1S/C10H8N2O2S/c13-10(14)12-9-8(15-6-11-9)7-4-2-1-3-5-7/h1-6,12H,(H,13,14). The molecule has 0 spiro atoms. The molecule has 2 N–H and O–H groups in total. The van der Waals surface area contributed by atoms with Crippen molar-refractivity contribution in [3.8, 4) is 10.4 Å². The van der Waals surface area contributed by atoms with E-state index in [9.17, 15) is 4.79 Å². The molecule has 0 radical (unpaired) electrons. The molecule has 0 saturated carbocycles. The summed E-state index contributed by atoms with van der Waals surface area (Å²) in [7, 11) is 0. The monoisotopic (exact) mass is 220 g/mol. The van der Waals surface area contributed by atoms with Crippen LogP contribution in [0.3, 0.4) is 0 Å². The molecule has 0 bridgehead atoms. The number of benzene rings is 1. The molecule has 15 heavy (non-hydrogen) atoms. The Kier molecular flexibility index (Phi) is 2.64. The van der Waals surface area contributed by atoms with Crippen LogP contribution in [-0.4, -0.2) is 16.2 Å². The Morgan fingerprint density at radius 3 is 2.73 bits per heavy atom. The molecule has 0 aliphatic carbocycles. The lowest BCUT2D eigenvalue weighted by Gasteiger charge is -2.00. The fourth-order valence-electron chi connectivity index (χ4n) is 1.23. The Hall–Kier alpha value is -1.88. The summed E-state index contributed by atoms with van der Waals surface area (Å²) in [5.41, 5.74) is 2.58. The van der Waals surface area contributed by atoms with E-state index in [0.717, 1.165) is 10.4 Å². The number of anilines is 1. The zero-order chi connectivity index (χ0) is 10.7. The lowest BCUT2D eigenvalue weighted by atomic mass is 10.2. The molecular formula is C10H8N2O2S. The number of thiazole rings is 1. The number of hydrogen-bond donors (Lipinski definition) is 2. The van der Waals surface area contributed by atoms with Crippen LogP contribution in [0.25, 0.3) is 10.4 Å². The van der Waals surface area contributed by atoms with Crippen molar-refractivity contribution in [1.29, 1.82) is 0 Å². The van der Waals surface area contributed by atoms with E-state index in [0.29, 0.717) is 5.82 Å². The highest BCUT2D eigenvalue weighted by Crippen LogP contribution is 2.30. The number of nitrogens with zero attached hydrogens (tertiary/aromatic N) is 1. The van der Waals surface area contributed by atoms with E-state index < -0.39 is 6.09 Å². The van der Waals surface area contributed by atoms with E-state index in [1.807, 2.05) is 30.3 Å². The number of amides is 1. The summed E-state index contributed by atoms with van der Waals surface area (Å²) in [5.74, 6) is 0.388. The van der Waals surface area contributed by atoms with Gasteiger partial charge in [-0.15, -0.1) is 11.3 Å². The van der Waals surface area contributed by atoms with Crippen molar-refractivity contribution < 1.29 is 9.90 Å². The summed E-state index contributed by atoms with van der Waals surface area (Å²) in [5, 5.41) is 10.9. The largest absolute Gasteiger partial charge is 0.465 e. The summed E-state index contributed by atoms with van der Waals surface area (Å²) < 4.78 is 0. The number of hydrogen-bond acceptors (Lipinski definition) is 3. The van der Waals surface area contributed by atoms with Gasteiger partial charge in [0.2, 0.25) is 0 Å². The van der Waals surface area contributed by atoms with Crippen molar-refractivity contribution >= 4 is 23.2 Å². The van der Waals surface area contributed by atoms with Gasteiger partial charge in [0.05, 0.1) is 10.4 Å². The Morgan fingerprint density at radius 1 is 1.33 bits per heavy atom. The molecule has 0 aliphatic rings. The summed E-state index contributed by atoms with van der Waals surface area (Å²) in [6.45, 7) is 0. The highest BCUT2D eigenvalue weighted by molar-refractivity contribution is 7.13. The van der Waals surface area contributed by atoms with Crippen LogP contribution in [0.1, 0.15) is 0 Å². The molecule has 0 atom stereocenters. The molecular weight excluding hydrogens is 212 g/mol. The molecule has 1 aromatic carbocycles. The first-order valence-electron chi connectivity index (χ1n) is 4.26. The minimum Gasteiger partial charge on any atom is -0.465 e. The molecule has 5 heteroatoms. The number of carboxylic acid groups (broad SMARTS) is 1.